The van der Waals surface area contributed by atoms with Crippen molar-refractivity contribution in [3.05, 3.63) is 48.4 Å². The first-order chi connectivity index (χ1) is 14.7. The van der Waals surface area contributed by atoms with Gasteiger partial charge in [-0.1, -0.05) is 11.8 Å². The quantitative estimate of drug-likeness (QED) is 0.541. The molecule has 1 aliphatic heterocycles. The minimum absolute atomic E-state index is 0.120. The fourth-order valence-corrected chi connectivity index (χ4v) is 3.20. The third-order valence-corrected chi connectivity index (χ3v) is 4.84. The number of nitrogens with zero attached hydrogens (tertiary/aromatic N) is 2. The van der Waals surface area contributed by atoms with Crippen LogP contribution in [0.1, 0.15) is 5.89 Å². The van der Waals surface area contributed by atoms with Crippen LogP contribution in [-0.4, -0.2) is 42.2 Å². The van der Waals surface area contributed by atoms with E-state index in [1.165, 1.54) is 0 Å². The number of thioether (sulfide) groups is 1. The van der Waals surface area contributed by atoms with Gasteiger partial charge in [-0.25, -0.2) is 0 Å². The van der Waals surface area contributed by atoms with Crippen molar-refractivity contribution in [2.45, 2.75) is 11.8 Å². The highest BCUT2D eigenvalue weighted by atomic mass is 32.2. The maximum Gasteiger partial charge on any atom is 0.277 e. The molecule has 10 heteroatoms. The first-order valence-corrected chi connectivity index (χ1v) is 10.1. The molecule has 0 atom stereocenters. The van der Waals surface area contributed by atoms with E-state index < -0.39 is 0 Å². The summed E-state index contributed by atoms with van der Waals surface area (Å²) in [4.78, 5) is 12.2. The molecule has 30 heavy (non-hydrogen) atoms. The Bertz CT molecular complexity index is 1010. The maximum atomic E-state index is 12.2. The third-order valence-electron chi connectivity index (χ3n) is 4.02. The van der Waals surface area contributed by atoms with E-state index in [0.717, 1.165) is 17.5 Å². The zero-order valence-electron chi connectivity index (χ0n) is 16.1. The molecule has 0 saturated carbocycles. The number of fused-ring (bicyclic) bond motifs is 1. The zero-order chi connectivity index (χ0) is 20.8. The Morgan fingerprint density at radius 2 is 1.83 bits per heavy atom. The Labute approximate surface area is 176 Å². The van der Waals surface area contributed by atoms with Crippen molar-refractivity contribution in [1.29, 1.82) is 0 Å². The molecule has 4 rings (SSSR count). The van der Waals surface area contributed by atoms with Gasteiger partial charge >= 0.3 is 0 Å². The summed E-state index contributed by atoms with van der Waals surface area (Å²) in [6.07, 6.45) is 0. The molecule has 0 saturated heterocycles. The van der Waals surface area contributed by atoms with Crippen LogP contribution in [0.15, 0.2) is 52.1 Å². The monoisotopic (exact) mass is 429 g/mol. The lowest BCUT2D eigenvalue weighted by Gasteiger charge is -2.18. The second-order valence-corrected chi connectivity index (χ2v) is 7.05. The molecule has 0 bridgehead atoms. The smallest absolute Gasteiger partial charge is 0.277 e. The van der Waals surface area contributed by atoms with E-state index in [2.05, 4.69) is 15.5 Å². The van der Waals surface area contributed by atoms with E-state index in [9.17, 15) is 4.79 Å². The molecule has 0 fully saturated rings. The van der Waals surface area contributed by atoms with Gasteiger partial charge in [0.1, 0.15) is 24.7 Å². The highest BCUT2D eigenvalue weighted by molar-refractivity contribution is 7.99. The summed E-state index contributed by atoms with van der Waals surface area (Å²) in [5.74, 6) is 2.92. The highest BCUT2D eigenvalue weighted by Gasteiger charge is 2.14. The number of anilines is 1. The first kappa shape index (κ1) is 19.9. The number of hydrogen-bond donors (Lipinski definition) is 1. The molecule has 2 aromatic carbocycles. The molecule has 1 aromatic heterocycles. The van der Waals surface area contributed by atoms with Crippen LogP contribution < -0.4 is 24.3 Å². The van der Waals surface area contributed by atoms with E-state index in [-0.39, 0.29) is 18.3 Å². The Balaban J connectivity index is 1.24. The minimum Gasteiger partial charge on any atom is -0.497 e. The predicted octanol–water partition coefficient (Wildman–Crippen LogP) is 3.16. The summed E-state index contributed by atoms with van der Waals surface area (Å²) in [6, 6.07) is 12.4. The normalized spacial score (nSPS) is 12.3. The van der Waals surface area contributed by atoms with Crippen LogP contribution in [0.5, 0.6) is 23.0 Å². The van der Waals surface area contributed by atoms with Gasteiger partial charge < -0.3 is 28.7 Å². The van der Waals surface area contributed by atoms with Crippen molar-refractivity contribution >= 4 is 23.4 Å². The van der Waals surface area contributed by atoms with Crippen LogP contribution in [0.4, 0.5) is 5.69 Å². The topological polar surface area (TPSA) is 105 Å². The van der Waals surface area contributed by atoms with Crippen molar-refractivity contribution in [1.82, 2.24) is 10.2 Å². The van der Waals surface area contributed by atoms with Crippen LogP contribution in [0.2, 0.25) is 0 Å². The van der Waals surface area contributed by atoms with Crippen molar-refractivity contribution in [3.8, 4) is 23.0 Å². The predicted molar refractivity (Wildman–Crippen MR) is 108 cm³/mol. The molecule has 1 amide bonds. The fraction of sp³-hybridized carbons (Fsp3) is 0.250. The lowest BCUT2D eigenvalue weighted by atomic mass is 10.2. The van der Waals surface area contributed by atoms with Gasteiger partial charge in [0.15, 0.2) is 18.1 Å². The number of ether oxygens (including phenoxy) is 4. The number of carbonyl (C=O) groups is 1. The summed E-state index contributed by atoms with van der Waals surface area (Å²) < 4.78 is 27.2. The van der Waals surface area contributed by atoms with E-state index in [1.807, 2.05) is 0 Å². The van der Waals surface area contributed by atoms with E-state index in [4.69, 9.17) is 23.4 Å². The number of hydrogen-bond acceptors (Lipinski definition) is 9. The largest absolute Gasteiger partial charge is 0.497 e. The van der Waals surface area contributed by atoms with Crippen LogP contribution in [-0.2, 0) is 11.4 Å². The molecule has 9 nitrogen and oxygen atoms in total. The molecule has 1 aliphatic rings. The van der Waals surface area contributed by atoms with Gasteiger partial charge in [-0.3, -0.25) is 4.79 Å². The van der Waals surface area contributed by atoms with Gasteiger partial charge in [0.05, 0.1) is 12.9 Å². The van der Waals surface area contributed by atoms with E-state index >= 15 is 0 Å². The summed E-state index contributed by atoms with van der Waals surface area (Å²) in [7, 11) is 1.60. The zero-order valence-corrected chi connectivity index (χ0v) is 16.9. The average molecular weight is 429 g/mol. The minimum atomic E-state index is -0.203. The molecule has 156 valence electrons. The van der Waals surface area contributed by atoms with E-state index in [0.29, 0.717) is 47.3 Å². The summed E-state index contributed by atoms with van der Waals surface area (Å²) in [5, 5.41) is 10.9. The number of benzene rings is 2. The van der Waals surface area contributed by atoms with Gasteiger partial charge in [-0.15, -0.1) is 10.2 Å². The molecular formula is C20H19N3O6S. The second-order valence-electron chi connectivity index (χ2n) is 6.12. The van der Waals surface area contributed by atoms with Gasteiger partial charge in [0.25, 0.3) is 11.1 Å². The number of nitrogens with one attached hydrogen (secondary N) is 1. The number of carbonyl (C=O) groups excluding carboxylic acids is 1. The van der Waals surface area contributed by atoms with Crippen LogP contribution in [0.25, 0.3) is 0 Å². The summed E-state index contributed by atoms with van der Waals surface area (Å²) in [5.41, 5.74) is 0.629. The molecule has 0 aliphatic carbocycles. The van der Waals surface area contributed by atoms with Gasteiger partial charge in [-0.2, -0.15) is 0 Å². The lowest BCUT2D eigenvalue weighted by molar-refractivity contribution is -0.113. The van der Waals surface area contributed by atoms with Crippen molar-refractivity contribution in [2.24, 2.45) is 0 Å². The van der Waals surface area contributed by atoms with Crippen molar-refractivity contribution in [2.75, 3.05) is 31.4 Å². The molecule has 3 aromatic rings. The Kier molecular flexibility index (Phi) is 6.23. The van der Waals surface area contributed by atoms with Crippen molar-refractivity contribution < 1.29 is 28.2 Å². The molecule has 0 unspecified atom stereocenters. The lowest BCUT2D eigenvalue weighted by Crippen LogP contribution is -2.17. The third kappa shape index (κ3) is 5.15. The fourth-order valence-electron chi connectivity index (χ4n) is 2.62. The summed E-state index contributed by atoms with van der Waals surface area (Å²) >= 11 is 1.14. The Morgan fingerprint density at radius 3 is 2.63 bits per heavy atom. The number of aromatic nitrogens is 2. The number of methoxy groups -OCH3 is 1. The van der Waals surface area contributed by atoms with Gasteiger partial charge in [0.2, 0.25) is 5.91 Å². The van der Waals surface area contributed by atoms with Crippen molar-refractivity contribution in [3.63, 3.8) is 0 Å². The standard InChI is InChI=1S/C20H19N3O6S/c1-25-14-3-5-15(6-4-14)28-11-19-22-23-20(29-19)30-12-18(24)21-13-2-7-16-17(10-13)27-9-8-26-16/h2-7,10H,8-9,11-12H2,1H3,(H,21,24). The molecule has 2 heterocycles. The van der Waals surface area contributed by atoms with E-state index in [1.54, 1.807) is 49.6 Å². The number of rotatable bonds is 8. The molecular weight excluding hydrogens is 410 g/mol. The second kappa shape index (κ2) is 9.40. The van der Waals surface area contributed by atoms with Crippen LogP contribution in [0.3, 0.4) is 0 Å². The van der Waals surface area contributed by atoms with Crippen LogP contribution >= 0.6 is 11.8 Å². The summed E-state index contributed by atoms with van der Waals surface area (Å²) in [6.45, 7) is 1.14. The van der Waals surface area contributed by atoms with Gasteiger partial charge in [-0.05, 0) is 36.4 Å². The Hall–Kier alpha value is -3.40. The van der Waals surface area contributed by atoms with Gasteiger partial charge in [0, 0.05) is 11.8 Å². The molecule has 0 spiro atoms. The Morgan fingerprint density at radius 1 is 1.07 bits per heavy atom. The average Bonchev–Trinajstić information content (AvgIpc) is 3.24. The first-order valence-electron chi connectivity index (χ1n) is 9.11. The molecule has 0 radical (unpaired) electrons. The van der Waals surface area contributed by atoms with Crippen LogP contribution in [0, 0.1) is 0 Å². The molecule has 1 N–H and O–H groups in total. The maximum absolute atomic E-state index is 12.2. The highest BCUT2D eigenvalue weighted by Crippen LogP contribution is 2.32. The number of amides is 1. The SMILES string of the molecule is COc1ccc(OCc2nnc(SCC(=O)Nc3ccc4c(c3)OCCO4)o2)cc1.